The number of hydrogen-bond acceptors (Lipinski definition) is 3. The topological polar surface area (TPSA) is 58.4 Å². The number of carboxylic acid groups (broad SMARTS) is 1. The van der Waals surface area contributed by atoms with E-state index in [9.17, 15) is 4.79 Å². The minimum atomic E-state index is -0.668. The Morgan fingerprint density at radius 3 is 3.00 bits per heavy atom. The summed E-state index contributed by atoms with van der Waals surface area (Å²) in [5.74, 6) is -0.878. The molecule has 1 aliphatic rings. The lowest BCUT2D eigenvalue weighted by Gasteiger charge is -2.30. The molecule has 0 aliphatic carbocycles. The Morgan fingerprint density at radius 2 is 2.39 bits per heavy atom. The van der Waals surface area contributed by atoms with Gasteiger partial charge in [-0.1, -0.05) is 6.92 Å². The van der Waals surface area contributed by atoms with Crippen LogP contribution in [0, 0.1) is 5.92 Å². The summed E-state index contributed by atoms with van der Waals surface area (Å²) in [4.78, 5) is 13.2. The van der Waals surface area contributed by atoms with Gasteiger partial charge in [-0.25, -0.2) is 0 Å². The second-order valence-corrected chi connectivity index (χ2v) is 5.02. The normalized spacial score (nSPS) is 21.1. The average molecular weight is 251 g/mol. The number of piperidine rings is 1. The summed E-state index contributed by atoms with van der Waals surface area (Å²) in [6.45, 7) is 4.53. The standard InChI is InChI=1S/C13H21N3O2/c1-3-11-7-12(15(2)14-11)9-16-6-4-5-10(8-16)13(17)18/h7,10H,3-6,8-9H2,1-2H3,(H,17,18). The molecular formula is C13H21N3O2. The van der Waals surface area contributed by atoms with Crippen LogP contribution in [0.3, 0.4) is 0 Å². The van der Waals surface area contributed by atoms with Gasteiger partial charge in [0.15, 0.2) is 0 Å². The minimum Gasteiger partial charge on any atom is -0.481 e. The Hall–Kier alpha value is -1.36. The van der Waals surface area contributed by atoms with Crippen LogP contribution in [0.25, 0.3) is 0 Å². The number of carbonyl (C=O) groups is 1. The first-order chi connectivity index (χ1) is 8.60. The van der Waals surface area contributed by atoms with Crippen molar-refractivity contribution in [3.05, 3.63) is 17.5 Å². The zero-order valence-electron chi connectivity index (χ0n) is 11.1. The maximum atomic E-state index is 11.0. The smallest absolute Gasteiger partial charge is 0.307 e. The van der Waals surface area contributed by atoms with E-state index in [1.54, 1.807) is 0 Å². The SMILES string of the molecule is CCc1cc(CN2CCCC(C(=O)O)C2)n(C)n1. The summed E-state index contributed by atoms with van der Waals surface area (Å²) >= 11 is 0. The highest BCUT2D eigenvalue weighted by molar-refractivity contribution is 5.70. The predicted molar refractivity (Wildman–Crippen MR) is 68.2 cm³/mol. The van der Waals surface area contributed by atoms with E-state index < -0.39 is 5.97 Å². The highest BCUT2D eigenvalue weighted by Gasteiger charge is 2.25. The first-order valence-electron chi connectivity index (χ1n) is 6.57. The lowest BCUT2D eigenvalue weighted by molar-refractivity contribution is -0.143. The first kappa shape index (κ1) is 13.1. The number of aryl methyl sites for hydroxylation is 2. The van der Waals surface area contributed by atoms with Gasteiger partial charge in [0.2, 0.25) is 0 Å². The Bertz CT molecular complexity index is 428. The number of rotatable bonds is 4. The zero-order valence-corrected chi connectivity index (χ0v) is 11.1. The third-order valence-corrected chi connectivity index (χ3v) is 3.63. The van der Waals surface area contributed by atoms with E-state index in [1.807, 2.05) is 11.7 Å². The molecule has 1 aromatic rings. The lowest BCUT2D eigenvalue weighted by atomic mass is 9.98. The quantitative estimate of drug-likeness (QED) is 0.875. The van der Waals surface area contributed by atoms with Crippen molar-refractivity contribution in [3.8, 4) is 0 Å². The van der Waals surface area contributed by atoms with Crippen LogP contribution in [0.4, 0.5) is 0 Å². The number of aliphatic carboxylic acids is 1. The van der Waals surface area contributed by atoms with Crippen LogP contribution in [0.15, 0.2) is 6.07 Å². The van der Waals surface area contributed by atoms with Crippen molar-refractivity contribution in [2.75, 3.05) is 13.1 Å². The summed E-state index contributed by atoms with van der Waals surface area (Å²) in [5.41, 5.74) is 2.26. The van der Waals surface area contributed by atoms with E-state index in [-0.39, 0.29) is 5.92 Å². The molecule has 0 spiro atoms. The van der Waals surface area contributed by atoms with Crippen molar-refractivity contribution in [2.45, 2.75) is 32.7 Å². The van der Waals surface area contributed by atoms with Crippen molar-refractivity contribution in [3.63, 3.8) is 0 Å². The number of nitrogens with zero attached hydrogens (tertiary/aromatic N) is 3. The molecule has 1 N–H and O–H groups in total. The number of carboxylic acids is 1. The van der Waals surface area contributed by atoms with Crippen molar-refractivity contribution in [1.29, 1.82) is 0 Å². The van der Waals surface area contributed by atoms with Gasteiger partial charge in [0.25, 0.3) is 0 Å². The summed E-state index contributed by atoms with van der Waals surface area (Å²) in [5, 5.41) is 13.5. The van der Waals surface area contributed by atoms with E-state index >= 15 is 0 Å². The van der Waals surface area contributed by atoms with E-state index in [0.717, 1.165) is 43.7 Å². The molecule has 5 nitrogen and oxygen atoms in total. The molecule has 1 aromatic heterocycles. The van der Waals surface area contributed by atoms with Gasteiger partial charge < -0.3 is 5.11 Å². The van der Waals surface area contributed by atoms with E-state index in [1.165, 1.54) is 0 Å². The summed E-state index contributed by atoms with van der Waals surface area (Å²) in [6, 6.07) is 2.12. The van der Waals surface area contributed by atoms with Gasteiger partial charge in [0.05, 0.1) is 17.3 Å². The van der Waals surface area contributed by atoms with Crippen molar-refractivity contribution in [1.82, 2.24) is 14.7 Å². The molecule has 5 heteroatoms. The van der Waals surface area contributed by atoms with Crippen LogP contribution >= 0.6 is 0 Å². The van der Waals surface area contributed by atoms with Crippen molar-refractivity contribution >= 4 is 5.97 Å². The minimum absolute atomic E-state index is 0.211. The van der Waals surface area contributed by atoms with Crippen LogP contribution in [0.2, 0.25) is 0 Å². The Kier molecular flexibility index (Phi) is 4.01. The maximum Gasteiger partial charge on any atom is 0.307 e. The van der Waals surface area contributed by atoms with Gasteiger partial charge in [-0.05, 0) is 31.9 Å². The van der Waals surface area contributed by atoms with Crippen LogP contribution in [0.1, 0.15) is 31.2 Å². The fourth-order valence-corrected chi connectivity index (χ4v) is 2.52. The van der Waals surface area contributed by atoms with Gasteiger partial charge in [0, 0.05) is 20.1 Å². The molecule has 0 aromatic carbocycles. The molecular weight excluding hydrogens is 230 g/mol. The Balaban J connectivity index is 2.00. The largest absolute Gasteiger partial charge is 0.481 e. The van der Waals surface area contributed by atoms with Crippen LogP contribution in [0.5, 0.6) is 0 Å². The van der Waals surface area contributed by atoms with Crippen molar-refractivity contribution in [2.24, 2.45) is 13.0 Å². The van der Waals surface area contributed by atoms with Gasteiger partial charge in [0.1, 0.15) is 0 Å². The third kappa shape index (κ3) is 2.90. The van der Waals surface area contributed by atoms with Crippen LogP contribution < -0.4 is 0 Å². The Labute approximate surface area is 107 Å². The third-order valence-electron chi connectivity index (χ3n) is 3.63. The number of aromatic nitrogens is 2. The highest BCUT2D eigenvalue weighted by Crippen LogP contribution is 2.19. The van der Waals surface area contributed by atoms with Gasteiger partial charge in [-0.3, -0.25) is 14.4 Å². The summed E-state index contributed by atoms with van der Waals surface area (Å²) in [6.07, 6.45) is 2.71. The molecule has 1 fully saturated rings. The van der Waals surface area contributed by atoms with E-state index in [4.69, 9.17) is 5.11 Å². The number of likely N-dealkylation sites (tertiary alicyclic amines) is 1. The number of hydrogen-bond donors (Lipinski definition) is 1. The highest BCUT2D eigenvalue weighted by atomic mass is 16.4. The van der Waals surface area contributed by atoms with Gasteiger partial charge in [-0.15, -0.1) is 0 Å². The molecule has 1 aliphatic heterocycles. The summed E-state index contributed by atoms with van der Waals surface area (Å²) < 4.78 is 1.91. The van der Waals surface area contributed by atoms with Gasteiger partial charge in [-0.2, -0.15) is 5.10 Å². The second kappa shape index (κ2) is 5.52. The second-order valence-electron chi connectivity index (χ2n) is 5.02. The van der Waals surface area contributed by atoms with E-state index in [0.29, 0.717) is 6.54 Å². The maximum absolute atomic E-state index is 11.0. The summed E-state index contributed by atoms with van der Waals surface area (Å²) in [7, 11) is 1.95. The predicted octanol–water partition coefficient (Wildman–Crippen LogP) is 1.28. The molecule has 100 valence electrons. The first-order valence-corrected chi connectivity index (χ1v) is 6.57. The molecule has 0 saturated carbocycles. The molecule has 18 heavy (non-hydrogen) atoms. The van der Waals surface area contributed by atoms with Crippen molar-refractivity contribution < 1.29 is 9.90 Å². The molecule has 1 saturated heterocycles. The van der Waals surface area contributed by atoms with Crippen LogP contribution in [-0.2, 0) is 24.8 Å². The molecule has 0 amide bonds. The molecule has 1 unspecified atom stereocenters. The van der Waals surface area contributed by atoms with E-state index in [2.05, 4.69) is 23.0 Å². The Morgan fingerprint density at radius 1 is 1.61 bits per heavy atom. The fourth-order valence-electron chi connectivity index (χ4n) is 2.52. The molecule has 0 bridgehead atoms. The molecule has 2 rings (SSSR count). The van der Waals surface area contributed by atoms with Gasteiger partial charge >= 0.3 is 5.97 Å². The average Bonchev–Trinajstić information content (AvgIpc) is 2.70. The molecule has 0 radical (unpaired) electrons. The zero-order chi connectivity index (χ0) is 13.1. The molecule has 2 heterocycles. The van der Waals surface area contributed by atoms with Crippen LogP contribution in [-0.4, -0.2) is 38.8 Å². The monoisotopic (exact) mass is 251 g/mol. The fraction of sp³-hybridized carbons (Fsp3) is 0.692. The molecule has 1 atom stereocenters. The lowest BCUT2D eigenvalue weighted by Crippen LogP contribution is -2.38.